The monoisotopic (exact) mass is 1150 g/mol. The second-order valence-corrected chi connectivity index (χ2v) is 24.7. The molecule has 19 rings (SSSR count). The van der Waals surface area contributed by atoms with E-state index in [-0.39, 0.29) is 0 Å². The molecule has 91 heavy (non-hydrogen) atoms. The molecule has 16 aromatic carbocycles. The van der Waals surface area contributed by atoms with Gasteiger partial charge in [-0.25, -0.2) is 0 Å². The Labute approximate surface area is 527 Å². The van der Waals surface area contributed by atoms with Gasteiger partial charge in [-0.3, -0.25) is 0 Å². The van der Waals surface area contributed by atoms with Crippen LogP contribution in [0, 0.1) is 0 Å². The van der Waals surface area contributed by atoms with Crippen molar-refractivity contribution in [2.45, 2.75) is 6.42 Å². The van der Waals surface area contributed by atoms with E-state index in [4.69, 9.17) is 0 Å². The Bertz CT molecular complexity index is 5370. The number of benzene rings is 16. The Balaban J connectivity index is 0.664. The molecular weight excluding hydrogens is 1100 g/mol. The normalized spacial score (nSPS) is 12.1. The van der Waals surface area contributed by atoms with Gasteiger partial charge in [-0.05, 0) is 223 Å². The predicted octanol–water partition coefficient (Wildman–Crippen LogP) is 24.1. The van der Waals surface area contributed by atoms with Crippen LogP contribution in [-0.2, 0) is 6.42 Å². The molecular formula is C89H56N2. The minimum absolute atomic E-state index is 0.930. The second kappa shape index (κ2) is 20.4. The van der Waals surface area contributed by atoms with Crippen molar-refractivity contribution in [3.05, 3.63) is 339 Å². The van der Waals surface area contributed by atoms with Gasteiger partial charge in [0.05, 0.1) is 22.1 Å². The van der Waals surface area contributed by atoms with E-state index in [0.717, 1.165) is 17.8 Å². The van der Waals surface area contributed by atoms with Gasteiger partial charge in [-0.2, -0.15) is 0 Å². The molecule has 0 bridgehead atoms. The molecule has 2 aromatic heterocycles. The molecule has 0 saturated heterocycles. The topological polar surface area (TPSA) is 9.86 Å². The van der Waals surface area contributed by atoms with Crippen molar-refractivity contribution in [2.75, 3.05) is 0 Å². The van der Waals surface area contributed by atoms with Crippen LogP contribution in [0.5, 0.6) is 0 Å². The molecule has 0 radical (unpaired) electrons. The highest BCUT2D eigenvalue weighted by Gasteiger charge is 2.23. The van der Waals surface area contributed by atoms with Gasteiger partial charge in [0.2, 0.25) is 0 Å². The molecule has 0 atom stereocenters. The van der Waals surface area contributed by atoms with E-state index in [0.29, 0.717) is 0 Å². The predicted molar refractivity (Wildman–Crippen MR) is 386 cm³/mol. The number of rotatable bonds is 8. The quantitative estimate of drug-likeness (QED) is 0.144. The zero-order valence-corrected chi connectivity index (χ0v) is 49.8. The van der Waals surface area contributed by atoms with E-state index in [1.54, 1.807) is 0 Å². The number of fused-ring (bicyclic) bond motifs is 13. The van der Waals surface area contributed by atoms with Crippen molar-refractivity contribution in [3.8, 4) is 89.3 Å². The Hall–Kier alpha value is -11.8. The largest absolute Gasteiger partial charge is 0.309 e. The van der Waals surface area contributed by atoms with Crippen LogP contribution in [0.2, 0.25) is 0 Å². The van der Waals surface area contributed by atoms with Gasteiger partial charge in [0, 0.05) is 32.9 Å². The molecule has 422 valence electrons. The Morgan fingerprint density at radius 3 is 0.747 bits per heavy atom. The zero-order valence-electron chi connectivity index (χ0n) is 49.8. The van der Waals surface area contributed by atoms with Gasteiger partial charge < -0.3 is 9.13 Å². The molecule has 2 nitrogen and oxygen atoms in total. The minimum Gasteiger partial charge on any atom is -0.309 e. The smallest absolute Gasteiger partial charge is 0.0541 e. The van der Waals surface area contributed by atoms with Crippen molar-refractivity contribution in [2.24, 2.45) is 0 Å². The summed E-state index contributed by atoms with van der Waals surface area (Å²) in [7, 11) is 0. The summed E-state index contributed by atoms with van der Waals surface area (Å²) in [5.41, 5.74) is 27.1. The molecule has 0 spiro atoms. The lowest BCUT2D eigenvalue weighted by Crippen LogP contribution is -1.94. The molecule has 1 aliphatic carbocycles. The van der Waals surface area contributed by atoms with Crippen molar-refractivity contribution in [1.82, 2.24) is 9.13 Å². The first-order valence-electron chi connectivity index (χ1n) is 31.7. The highest BCUT2D eigenvalue weighted by molar-refractivity contribution is 6.15. The summed E-state index contributed by atoms with van der Waals surface area (Å²) in [6, 6.07) is 122. The second-order valence-electron chi connectivity index (χ2n) is 24.7. The van der Waals surface area contributed by atoms with E-state index in [1.807, 2.05) is 0 Å². The van der Waals surface area contributed by atoms with Crippen molar-refractivity contribution in [1.29, 1.82) is 0 Å². The molecule has 0 N–H and O–H groups in total. The highest BCUT2D eigenvalue weighted by Crippen LogP contribution is 2.45. The first-order valence-corrected chi connectivity index (χ1v) is 31.7. The lowest BCUT2D eigenvalue weighted by Gasteiger charge is -2.12. The van der Waals surface area contributed by atoms with E-state index in [2.05, 4.69) is 337 Å². The fourth-order valence-corrected chi connectivity index (χ4v) is 15.3. The van der Waals surface area contributed by atoms with Crippen LogP contribution >= 0.6 is 0 Å². The maximum atomic E-state index is 2.45. The minimum atomic E-state index is 0.930. The molecule has 0 unspecified atom stereocenters. The van der Waals surface area contributed by atoms with Crippen molar-refractivity contribution < 1.29 is 0 Å². The third-order valence-corrected chi connectivity index (χ3v) is 19.7. The summed E-state index contributed by atoms with van der Waals surface area (Å²) in [5.74, 6) is 0. The summed E-state index contributed by atoms with van der Waals surface area (Å²) in [4.78, 5) is 0. The Morgan fingerprint density at radius 1 is 0.176 bits per heavy atom. The number of hydrogen-bond donors (Lipinski definition) is 0. The fourth-order valence-electron chi connectivity index (χ4n) is 15.3. The van der Waals surface area contributed by atoms with E-state index < -0.39 is 0 Å². The molecule has 0 fully saturated rings. The fraction of sp³-hybridized carbons (Fsp3) is 0.0112. The highest BCUT2D eigenvalue weighted by atomic mass is 15.0. The average molecular weight is 1150 g/mol. The summed E-state index contributed by atoms with van der Waals surface area (Å²) in [5, 5.41) is 15.0. The maximum absolute atomic E-state index is 2.45. The standard InChI is InChI=1S/C89H56N2/c1-5-21-72-58(13-1)17-9-25-76(72)66-37-45-86-82(52-66)83-53-67(77-26-10-18-59-14-2-6-22-73(59)77)38-46-87(83)90(86)70-41-33-56(34-42-70)62-29-31-64-49-65-32-30-63(51-81(65)80(64)50-62)57-35-43-71(44-36-57)91-88-47-39-68(78-27-11-19-60-15-3-7-23-74(60)78)54-84(88)85-55-69(40-48-89(85)91)79-28-12-20-61-16-4-8-24-75(61)79/h1-48,50-55H,49H2. The van der Waals surface area contributed by atoms with Crippen LogP contribution in [-0.4, -0.2) is 9.13 Å². The maximum Gasteiger partial charge on any atom is 0.0541 e. The van der Waals surface area contributed by atoms with E-state index in [9.17, 15) is 0 Å². The van der Waals surface area contributed by atoms with Crippen LogP contribution in [0.1, 0.15) is 11.1 Å². The number of hydrogen-bond acceptors (Lipinski definition) is 0. The van der Waals surface area contributed by atoms with Crippen LogP contribution in [0.4, 0.5) is 0 Å². The average Bonchev–Trinajstić information content (AvgIpc) is 1.67. The van der Waals surface area contributed by atoms with E-state index in [1.165, 1.54) is 176 Å². The summed E-state index contributed by atoms with van der Waals surface area (Å²) < 4.78 is 4.91. The Kier molecular flexibility index (Phi) is 11.5. The van der Waals surface area contributed by atoms with Crippen molar-refractivity contribution >= 4 is 86.7 Å². The van der Waals surface area contributed by atoms with Gasteiger partial charge in [0.25, 0.3) is 0 Å². The van der Waals surface area contributed by atoms with Crippen LogP contribution < -0.4 is 0 Å². The molecule has 2 heterocycles. The van der Waals surface area contributed by atoms with Gasteiger partial charge >= 0.3 is 0 Å². The molecule has 2 heteroatoms. The number of aromatic nitrogens is 2. The van der Waals surface area contributed by atoms with Gasteiger partial charge in [0.1, 0.15) is 0 Å². The van der Waals surface area contributed by atoms with Gasteiger partial charge in [-0.1, -0.05) is 243 Å². The Morgan fingerprint density at radius 2 is 0.440 bits per heavy atom. The first-order chi connectivity index (χ1) is 45.1. The SMILES string of the molecule is c1ccc2c(-c3ccc4c(c3)c3cc(-c5cccc6ccccc56)ccc3n4-c3ccc(-c4ccc5c(c4)-c4cc(-c6ccc(-n7c8ccc(-c9cccc%10ccccc9%10)cc8c8cc(-c9cccc%10ccccc9%10)ccc87)cc6)ccc4C5)cc3)cccc2c1. The van der Waals surface area contributed by atoms with E-state index >= 15 is 0 Å². The number of nitrogens with zero attached hydrogens (tertiary/aromatic N) is 2. The molecule has 0 saturated carbocycles. The van der Waals surface area contributed by atoms with Crippen LogP contribution in [0.3, 0.4) is 0 Å². The summed E-state index contributed by atoms with van der Waals surface area (Å²) in [6.45, 7) is 0. The lowest BCUT2D eigenvalue weighted by molar-refractivity contribution is 1.18. The molecule has 1 aliphatic rings. The first kappa shape index (κ1) is 51.2. The van der Waals surface area contributed by atoms with Crippen LogP contribution in [0.15, 0.2) is 328 Å². The third kappa shape index (κ3) is 8.27. The molecule has 18 aromatic rings. The lowest BCUT2D eigenvalue weighted by atomic mass is 9.95. The van der Waals surface area contributed by atoms with Gasteiger partial charge in [0.15, 0.2) is 0 Å². The summed E-state index contributed by atoms with van der Waals surface area (Å²) in [6.07, 6.45) is 0.930. The van der Waals surface area contributed by atoms with Gasteiger partial charge in [-0.15, -0.1) is 0 Å². The van der Waals surface area contributed by atoms with Crippen LogP contribution in [0.25, 0.3) is 176 Å². The summed E-state index contributed by atoms with van der Waals surface area (Å²) >= 11 is 0. The van der Waals surface area contributed by atoms with Crippen molar-refractivity contribution in [3.63, 3.8) is 0 Å². The zero-order chi connectivity index (χ0) is 59.7. The third-order valence-electron chi connectivity index (χ3n) is 19.7. The molecule has 0 amide bonds. The molecule has 0 aliphatic heterocycles.